The van der Waals surface area contributed by atoms with E-state index in [2.05, 4.69) is 22.4 Å². The molecule has 1 aromatic rings. The molecule has 0 aliphatic carbocycles. The number of nitrogens with zero attached hydrogens (tertiary/aromatic N) is 3. The highest BCUT2D eigenvalue weighted by Gasteiger charge is 2.20. The minimum absolute atomic E-state index is 0.0569. The van der Waals surface area contributed by atoms with Gasteiger partial charge >= 0.3 is 0 Å². The first-order valence-corrected chi connectivity index (χ1v) is 8.14. The van der Waals surface area contributed by atoms with E-state index in [0.717, 1.165) is 18.7 Å². The number of rotatable bonds is 7. The maximum absolute atomic E-state index is 12.1. The van der Waals surface area contributed by atoms with Gasteiger partial charge in [0.1, 0.15) is 0 Å². The van der Waals surface area contributed by atoms with Gasteiger partial charge in [-0.25, -0.2) is 0 Å². The van der Waals surface area contributed by atoms with Crippen molar-refractivity contribution in [3.05, 3.63) is 5.01 Å². The molecule has 1 atom stereocenters. The summed E-state index contributed by atoms with van der Waals surface area (Å²) in [6.07, 6.45) is 3.06. The van der Waals surface area contributed by atoms with Crippen LogP contribution in [0.15, 0.2) is 0 Å². The van der Waals surface area contributed by atoms with Crippen molar-refractivity contribution in [2.24, 2.45) is 0 Å². The Morgan fingerprint density at radius 1 is 1.56 bits per heavy atom. The molecule has 0 radical (unpaired) electrons. The van der Waals surface area contributed by atoms with Crippen molar-refractivity contribution in [2.75, 3.05) is 30.9 Å². The predicted molar refractivity (Wildman–Crippen MR) is 78.6 cm³/mol. The van der Waals surface area contributed by atoms with Crippen LogP contribution < -0.4 is 5.32 Å². The molecule has 7 heteroatoms. The Morgan fingerprint density at radius 2 is 2.28 bits per heavy atom. The first kappa shape index (κ1) is 15.2. The van der Waals surface area contributed by atoms with Gasteiger partial charge in [0.25, 0.3) is 5.91 Å². The van der Waals surface area contributed by atoms with E-state index >= 15 is 0 Å². The van der Waals surface area contributed by atoms with Gasteiger partial charge < -0.3 is 10.2 Å². The molecule has 102 valence electrons. The maximum Gasteiger partial charge on any atom is 0.284 e. The summed E-state index contributed by atoms with van der Waals surface area (Å²) in [5.74, 6) is 0.862. The number of carbonyl (C=O) groups excluding carboxylic acids is 1. The van der Waals surface area contributed by atoms with Crippen molar-refractivity contribution < 1.29 is 4.79 Å². The molecule has 0 fully saturated rings. The third-order valence-corrected chi connectivity index (χ3v) is 4.21. The van der Waals surface area contributed by atoms with E-state index in [4.69, 9.17) is 0 Å². The molecule has 18 heavy (non-hydrogen) atoms. The molecule has 0 aliphatic heterocycles. The van der Waals surface area contributed by atoms with Gasteiger partial charge in [0.2, 0.25) is 10.1 Å². The van der Waals surface area contributed by atoms with Gasteiger partial charge in [-0.15, -0.1) is 10.2 Å². The minimum atomic E-state index is -0.0569. The van der Waals surface area contributed by atoms with Crippen LogP contribution in [0.2, 0.25) is 0 Å². The van der Waals surface area contributed by atoms with Gasteiger partial charge in [0, 0.05) is 25.4 Å². The van der Waals surface area contributed by atoms with Gasteiger partial charge in [-0.2, -0.15) is 11.8 Å². The first-order chi connectivity index (χ1) is 8.60. The fraction of sp³-hybridized carbons (Fsp3) is 0.727. The average Bonchev–Trinajstić information content (AvgIpc) is 2.83. The average molecular weight is 288 g/mol. The first-order valence-electron chi connectivity index (χ1n) is 5.93. The monoisotopic (exact) mass is 288 g/mol. The lowest BCUT2D eigenvalue weighted by Crippen LogP contribution is -2.36. The molecule has 0 aromatic carbocycles. The van der Waals surface area contributed by atoms with E-state index in [1.165, 1.54) is 11.3 Å². The van der Waals surface area contributed by atoms with Crippen LogP contribution in [0.25, 0.3) is 0 Å². The molecule has 1 unspecified atom stereocenters. The molecular weight excluding hydrogens is 268 g/mol. The van der Waals surface area contributed by atoms with Gasteiger partial charge in [0.05, 0.1) is 0 Å². The number of nitrogens with one attached hydrogen (secondary N) is 1. The van der Waals surface area contributed by atoms with Crippen molar-refractivity contribution in [2.45, 2.75) is 26.3 Å². The Labute approximate surface area is 116 Å². The second-order valence-electron chi connectivity index (χ2n) is 4.06. The fourth-order valence-electron chi connectivity index (χ4n) is 1.32. The van der Waals surface area contributed by atoms with Crippen LogP contribution in [0.1, 0.15) is 30.1 Å². The summed E-state index contributed by atoms with van der Waals surface area (Å²) >= 11 is 3.04. The number of hydrogen-bond acceptors (Lipinski definition) is 6. The molecule has 0 bridgehead atoms. The lowest BCUT2D eigenvalue weighted by Gasteiger charge is -2.22. The number of aromatic nitrogens is 2. The van der Waals surface area contributed by atoms with Crippen LogP contribution in [-0.2, 0) is 0 Å². The van der Waals surface area contributed by atoms with Crippen molar-refractivity contribution in [3.63, 3.8) is 0 Å². The second kappa shape index (κ2) is 7.58. The fourth-order valence-corrected chi connectivity index (χ4v) is 2.78. The zero-order chi connectivity index (χ0) is 13.5. The molecule has 0 aliphatic rings. The number of amides is 1. The summed E-state index contributed by atoms with van der Waals surface area (Å²) in [5.41, 5.74) is 0. The lowest BCUT2D eigenvalue weighted by atomic mass is 10.3. The molecule has 1 N–H and O–H groups in total. The Kier molecular flexibility index (Phi) is 6.42. The third-order valence-electron chi connectivity index (χ3n) is 2.52. The molecular formula is C11H20N4OS2. The highest BCUT2D eigenvalue weighted by molar-refractivity contribution is 7.98. The van der Waals surface area contributed by atoms with Crippen molar-refractivity contribution >= 4 is 34.1 Å². The van der Waals surface area contributed by atoms with Crippen LogP contribution in [0.5, 0.6) is 0 Å². The minimum Gasteiger partial charge on any atom is -0.360 e. The topological polar surface area (TPSA) is 58.1 Å². The van der Waals surface area contributed by atoms with Crippen molar-refractivity contribution in [3.8, 4) is 0 Å². The molecule has 0 saturated heterocycles. The zero-order valence-electron chi connectivity index (χ0n) is 11.3. The van der Waals surface area contributed by atoms with Crippen LogP contribution >= 0.6 is 23.1 Å². The highest BCUT2D eigenvalue weighted by atomic mass is 32.2. The molecule has 1 heterocycles. The molecule has 1 rings (SSSR count). The van der Waals surface area contributed by atoms with E-state index in [1.54, 1.807) is 16.7 Å². The quantitative estimate of drug-likeness (QED) is 0.833. The van der Waals surface area contributed by atoms with Gasteiger partial charge in [-0.3, -0.25) is 4.79 Å². The Bertz CT molecular complexity index is 383. The summed E-state index contributed by atoms with van der Waals surface area (Å²) in [4.78, 5) is 13.9. The van der Waals surface area contributed by atoms with E-state index < -0.39 is 0 Å². The summed E-state index contributed by atoms with van der Waals surface area (Å²) in [6, 6.07) is 0.198. The molecule has 1 aromatic heterocycles. The molecule has 0 spiro atoms. The number of anilines is 1. The summed E-state index contributed by atoms with van der Waals surface area (Å²) in [6.45, 7) is 4.96. The summed E-state index contributed by atoms with van der Waals surface area (Å²) in [7, 11) is 1.81. The maximum atomic E-state index is 12.1. The molecule has 5 nitrogen and oxygen atoms in total. The van der Waals surface area contributed by atoms with E-state index in [9.17, 15) is 4.79 Å². The normalized spacial score (nSPS) is 12.2. The van der Waals surface area contributed by atoms with Gasteiger partial charge in [0.15, 0.2) is 0 Å². The van der Waals surface area contributed by atoms with Gasteiger partial charge in [-0.05, 0) is 19.6 Å². The number of carbonyl (C=O) groups is 1. The SMILES string of the molecule is CCCNc1nnc(C(=O)N(C)C(C)CSC)s1. The second-order valence-corrected chi connectivity index (χ2v) is 5.95. The van der Waals surface area contributed by atoms with Crippen molar-refractivity contribution in [1.29, 1.82) is 0 Å². The van der Waals surface area contributed by atoms with Crippen LogP contribution in [0, 0.1) is 0 Å². The summed E-state index contributed by atoms with van der Waals surface area (Å²) < 4.78 is 0. The van der Waals surface area contributed by atoms with E-state index in [0.29, 0.717) is 10.1 Å². The summed E-state index contributed by atoms with van der Waals surface area (Å²) in [5, 5.41) is 12.2. The Hall–Kier alpha value is -0.820. The third kappa shape index (κ3) is 4.13. The Balaban J connectivity index is 2.63. The van der Waals surface area contributed by atoms with Crippen LogP contribution in [0.4, 0.5) is 5.13 Å². The van der Waals surface area contributed by atoms with Crippen LogP contribution in [-0.4, -0.2) is 52.6 Å². The smallest absolute Gasteiger partial charge is 0.284 e. The standard InChI is InChI=1S/C11H20N4OS2/c1-5-6-12-11-14-13-9(18-11)10(16)15(3)8(2)7-17-4/h8H,5-7H2,1-4H3,(H,12,14). The molecule has 0 saturated carbocycles. The van der Waals surface area contributed by atoms with Gasteiger partial charge in [-0.1, -0.05) is 18.3 Å². The van der Waals surface area contributed by atoms with E-state index in [1.807, 2.05) is 20.2 Å². The van der Waals surface area contributed by atoms with E-state index in [-0.39, 0.29) is 11.9 Å². The lowest BCUT2D eigenvalue weighted by molar-refractivity contribution is 0.0756. The van der Waals surface area contributed by atoms with Crippen molar-refractivity contribution in [1.82, 2.24) is 15.1 Å². The predicted octanol–water partition coefficient (Wildman–Crippen LogP) is 2.18. The zero-order valence-corrected chi connectivity index (χ0v) is 12.9. The largest absolute Gasteiger partial charge is 0.360 e. The highest BCUT2D eigenvalue weighted by Crippen LogP contribution is 2.17. The van der Waals surface area contributed by atoms with Crippen LogP contribution in [0.3, 0.4) is 0 Å². The molecule has 1 amide bonds. The Morgan fingerprint density at radius 3 is 2.89 bits per heavy atom. The number of thioether (sulfide) groups is 1. The number of hydrogen-bond donors (Lipinski definition) is 1.